The molecule has 0 saturated carbocycles. The van der Waals surface area contributed by atoms with Gasteiger partial charge in [0.1, 0.15) is 0 Å². The maximum Gasteiger partial charge on any atom is 0.237 e. The molecule has 9 heteroatoms. The van der Waals surface area contributed by atoms with E-state index >= 15 is 0 Å². The second-order valence-electron chi connectivity index (χ2n) is 8.33. The van der Waals surface area contributed by atoms with Crippen LogP contribution in [0, 0.1) is 0 Å². The molecule has 2 heterocycles. The van der Waals surface area contributed by atoms with Crippen molar-refractivity contribution < 1.29 is 19.1 Å². The van der Waals surface area contributed by atoms with Gasteiger partial charge in [-0.3, -0.25) is 14.2 Å². The van der Waals surface area contributed by atoms with Crippen LogP contribution in [0.2, 0.25) is 0 Å². The molecule has 182 valence electrons. The summed E-state index contributed by atoms with van der Waals surface area (Å²) >= 11 is 1.33. The third-order valence-corrected chi connectivity index (χ3v) is 6.82. The van der Waals surface area contributed by atoms with Gasteiger partial charge in [0.2, 0.25) is 12.7 Å². The number of fused-ring (bicyclic) bond motifs is 1. The summed E-state index contributed by atoms with van der Waals surface area (Å²) < 4.78 is 13.0. The summed E-state index contributed by atoms with van der Waals surface area (Å²) in [5.74, 6) is 1.95. The second-order valence-corrected chi connectivity index (χ2v) is 9.64. The van der Waals surface area contributed by atoms with Gasteiger partial charge >= 0.3 is 0 Å². The molecule has 3 aromatic carbocycles. The molecule has 1 atom stereocenters. The third kappa shape index (κ3) is 5.11. The Morgan fingerprint density at radius 2 is 1.75 bits per heavy atom. The van der Waals surface area contributed by atoms with Gasteiger partial charge in [-0.25, -0.2) is 0 Å². The highest BCUT2D eigenvalue weighted by molar-refractivity contribution is 8.00. The van der Waals surface area contributed by atoms with Crippen LogP contribution in [0.1, 0.15) is 29.8 Å². The lowest BCUT2D eigenvalue weighted by Gasteiger charge is -2.14. The molecule has 1 aliphatic rings. The number of carbonyl (C=O) groups excluding carboxylic acids is 2. The standard InChI is InChI=1S/C27H24N4O4S/c1-17(32)20-9-11-22(12-10-20)28-26(33)18(2)36-27-30-29-25(21-6-4-3-5-7-21)31(27)15-19-8-13-23-24(14-19)35-16-34-23/h3-14,18H,15-16H2,1-2H3,(H,28,33). The number of amides is 1. The second kappa shape index (κ2) is 10.2. The van der Waals surface area contributed by atoms with Gasteiger partial charge in [0.25, 0.3) is 0 Å². The number of nitrogens with zero attached hydrogens (tertiary/aromatic N) is 3. The molecule has 36 heavy (non-hydrogen) atoms. The van der Waals surface area contributed by atoms with Crippen LogP contribution in [-0.2, 0) is 11.3 Å². The SMILES string of the molecule is CC(=O)c1ccc(NC(=O)C(C)Sc2nnc(-c3ccccc3)n2Cc2ccc3c(c2)OCO3)cc1. The number of aromatic nitrogens is 3. The van der Waals surface area contributed by atoms with Crippen LogP contribution in [0.3, 0.4) is 0 Å². The number of benzene rings is 3. The average molecular weight is 501 g/mol. The Labute approximate surface area is 212 Å². The minimum absolute atomic E-state index is 0.0205. The van der Waals surface area contributed by atoms with Crippen LogP contribution < -0.4 is 14.8 Å². The molecule has 1 aromatic heterocycles. The highest BCUT2D eigenvalue weighted by Gasteiger charge is 2.22. The lowest BCUT2D eigenvalue weighted by molar-refractivity contribution is -0.115. The fourth-order valence-electron chi connectivity index (χ4n) is 3.78. The quantitative estimate of drug-likeness (QED) is 0.267. The first-order valence-electron chi connectivity index (χ1n) is 11.4. The summed E-state index contributed by atoms with van der Waals surface area (Å²) in [7, 11) is 0. The predicted octanol–water partition coefficient (Wildman–Crippen LogP) is 5.04. The van der Waals surface area contributed by atoms with Crippen LogP contribution in [0.4, 0.5) is 5.69 Å². The molecule has 0 aliphatic carbocycles. The molecule has 0 saturated heterocycles. The van der Waals surface area contributed by atoms with Gasteiger partial charge in [0.15, 0.2) is 28.3 Å². The van der Waals surface area contributed by atoms with Crippen molar-refractivity contribution in [3.63, 3.8) is 0 Å². The summed E-state index contributed by atoms with van der Waals surface area (Å²) in [5.41, 5.74) is 3.16. The molecule has 1 amide bonds. The predicted molar refractivity (Wildman–Crippen MR) is 138 cm³/mol. The zero-order valence-electron chi connectivity index (χ0n) is 19.8. The molecule has 1 unspecified atom stereocenters. The maximum absolute atomic E-state index is 12.9. The van der Waals surface area contributed by atoms with E-state index in [1.54, 1.807) is 24.3 Å². The summed E-state index contributed by atoms with van der Waals surface area (Å²) in [6, 6.07) is 22.5. The molecular weight excluding hydrogens is 476 g/mol. The van der Waals surface area contributed by atoms with E-state index in [0.29, 0.717) is 34.5 Å². The zero-order chi connectivity index (χ0) is 25.1. The molecule has 1 aliphatic heterocycles. The third-order valence-electron chi connectivity index (χ3n) is 5.74. The van der Waals surface area contributed by atoms with E-state index in [-0.39, 0.29) is 18.5 Å². The Kier molecular flexibility index (Phi) is 6.73. The van der Waals surface area contributed by atoms with E-state index in [9.17, 15) is 9.59 Å². The largest absolute Gasteiger partial charge is 0.454 e. The summed E-state index contributed by atoms with van der Waals surface area (Å²) in [6.45, 7) is 4.05. The Bertz CT molecular complexity index is 1400. The molecule has 0 spiro atoms. The Hall–Kier alpha value is -4.11. The van der Waals surface area contributed by atoms with Gasteiger partial charge in [0.05, 0.1) is 11.8 Å². The lowest BCUT2D eigenvalue weighted by atomic mass is 10.1. The van der Waals surface area contributed by atoms with Crippen molar-refractivity contribution >= 4 is 29.1 Å². The monoisotopic (exact) mass is 500 g/mol. The van der Waals surface area contributed by atoms with Crippen LogP contribution in [0.5, 0.6) is 11.5 Å². The number of ether oxygens (including phenoxy) is 2. The summed E-state index contributed by atoms with van der Waals surface area (Å²) in [5, 5.41) is 12.0. The van der Waals surface area contributed by atoms with Crippen molar-refractivity contribution in [1.82, 2.24) is 14.8 Å². The molecule has 0 fully saturated rings. The molecule has 8 nitrogen and oxygen atoms in total. The van der Waals surface area contributed by atoms with Crippen molar-refractivity contribution in [1.29, 1.82) is 0 Å². The first kappa shape index (κ1) is 23.6. The molecular formula is C27H24N4O4S. The first-order chi connectivity index (χ1) is 17.5. The number of Topliss-reactive ketones (excluding diaryl/α,β-unsaturated/α-hetero) is 1. The number of rotatable bonds is 8. The summed E-state index contributed by atoms with van der Waals surface area (Å²) in [4.78, 5) is 24.4. The Balaban J connectivity index is 1.37. The van der Waals surface area contributed by atoms with E-state index in [4.69, 9.17) is 9.47 Å². The average Bonchev–Trinajstić information content (AvgIpc) is 3.51. The number of ketones is 1. The smallest absolute Gasteiger partial charge is 0.237 e. The van der Waals surface area contributed by atoms with Crippen molar-refractivity contribution in [3.8, 4) is 22.9 Å². The molecule has 0 radical (unpaired) electrons. The van der Waals surface area contributed by atoms with Crippen molar-refractivity contribution in [2.24, 2.45) is 0 Å². The van der Waals surface area contributed by atoms with Crippen LogP contribution in [0.25, 0.3) is 11.4 Å². The minimum Gasteiger partial charge on any atom is -0.454 e. The minimum atomic E-state index is -0.444. The number of nitrogens with one attached hydrogen (secondary N) is 1. The first-order valence-corrected chi connectivity index (χ1v) is 12.3. The van der Waals surface area contributed by atoms with Crippen molar-refractivity contribution in [2.75, 3.05) is 12.1 Å². The van der Waals surface area contributed by atoms with Gasteiger partial charge in [-0.2, -0.15) is 0 Å². The normalized spacial score (nSPS) is 12.8. The molecule has 4 aromatic rings. The lowest BCUT2D eigenvalue weighted by Crippen LogP contribution is -2.23. The van der Waals surface area contributed by atoms with Gasteiger partial charge in [-0.05, 0) is 55.8 Å². The zero-order valence-corrected chi connectivity index (χ0v) is 20.6. The number of thioether (sulfide) groups is 1. The van der Waals surface area contributed by atoms with Crippen LogP contribution in [0.15, 0.2) is 78.0 Å². The van der Waals surface area contributed by atoms with Crippen molar-refractivity contribution in [3.05, 3.63) is 83.9 Å². The van der Waals surface area contributed by atoms with Gasteiger partial charge in [-0.1, -0.05) is 48.2 Å². The highest BCUT2D eigenvalue weighted by Crippen LogP contribution is 2.34. The molecule has 5 rings (SSSR count). The van der Waals surface area contributed by atoms with Crippen molar-refractivity contribution in [2.45, 2.75) is 30.8 Å². The number of hydrogen-bond acceptors (Lipinski definition) is 7. The number of carbonyl (C=O) groups is 2. The Morgan fingerprint density at radius 3 is 2.50 bits per heavy atom. The van der Waals surface area contributed by atoms with E-state index in [0.717, 1.165) is 16.9 Å². The van der Waals surface area contributed by atoms with E-state index in [1.165, 1.54) is 18.7 Å². The fraction of sp³-hybridized carbons (Fsp3) is 0.185. The van der Waals surface area contributed by atoms with Crippen LogP contribution >= 0.6 is 11.8 Å². The number of anilines is 1. The summed E-state index contributed by atoms with van der Waals surface area (Å²) in [6.07, 6.45) is 0. The molecule has 0 bridgehead atoms. The van der Waals surface area contributed by atoms with E-state index in [1.807, 2.05) is 60.0 Å². The molecule has 1 N–H and O–H groups in total. The van der Waals surface area contributed by atoms with Gasteiger partial charge in [-0.15, -0.1) is 10.2 Å². The van der Waals surface area contributed by atoms with E-state index in [2.05, 4.69) is 15.5 Å². The van der Waals surface area contributed by atoms with Crippen LogP contribution in [-0.4, -0.2) is 38.5 Å². The van der Waals surface area contributed by atoms with Gasteiger partial charge < -0.3 is 14.8 Å². The van der Waals surface area contributed by atoms with E-state index < -0.39 is 5.25 Å². The topological polar surface area (TPSA) is 95.3 Å². The number of hydrogen-bond donors (Lipinski definition) is 1. The maximum atomic E-state index is 12.9. The highest BCUT2D eigenvalue weighted by atomic mass is 32.2. The van der Waals surface area contributed by atoms with Gasteiger partial charge in [0, 0.05) is 16.8 Å². The Morgan fingerprint density at radius 1 is 1.00 bits per heavy atom. The fourth-order valence-corrected chi connectivity index (χ4v) is 4.63.